The van der Waals surface area contributed by atoms with Crippen LogP contribution in [0.25, 0.3) is 11.0 Å². The van der Waals surface area contributed by atoms with Crippen LogP contribution < -0.4 is 15.5 Å². The lowest BCUT2D eigenvalue weighted by atomic mass is 10.1. The highest BCUT2D eigenvalue weighted by Gasteiger charge is 2.35. The van der Waals surface area contributed by atoms with Gasteiger partial charge in [-0.1, -0.05) is 6.42 Å². The number of aromatic nitrogens is 2. The van der Waals surface area contributed by atoms with Gasteiger partial charge in [0, 0.05) is 24.9 Å². The van der Waals surface area contributed by atoms with E-state index in [2.05, 4.69) is 36.5 Å². The monoisotopic (exact) mass is 491 g/mol. The van der Waals surface area contributed by atoms with E-state index in [0.717, 1.165) is 38.6 Å². The quantitative estimate of drug-likeness (QED) is 0.582. The first kappa shape index (κ1) is 22.1. The molecule has 1 saturated heterocycles. The molecule has 3 N–H and O–H groups in total. The molecular weight excluding hydrogens is 462 g/mol. The Morgan fingerprint density at radius 1 is 1.26 bits per heavy atom. The number of hydrogen-bond acceptors (Lipinski definition) is 5. The Bertz CT molecular complexity index is 971. The van der Waals surface area contributed by atoms with E-state index in [1.165, 1.54) is 0 Å². The average molecular weight is 492 g/mol. The lowest BCUT2D eigenvalue weighted by Crippen LogP contribution is -2.47. The largest absolute Gasteiger partial charge is 0.443 e. The second-order valence-corrected chi connectivity index (χ2v) is 10.2. The number of hydrogen-bond donors (Lipinski definition) is 3. The molecule has 0 aromatic carbocycles. The van der Waals surface area contributed by atoms with Gasteiger partial charge in [0.05, 0.1) is 27.3 Å². The second-order valence-electron chi connectivity index (χ2n) is 9.35. The van der Waals surface area contributed by atoms with Crippen LogP contribution in [0.5, 0.6) is 0 Å². The topological polar surface area (TPSA) is 99.3 Å². The zero-order chi connectivity index (χ0) is 22.2. The molecule has 9 heteroatoms. The number of carbonyl (C=O) groups excluding carboxylic acids is 2. The minimum absolute atomic E-state index is 0.00627. The maximum Gasteiger partial charge on any atom is 0.415 e. The normalized spacial score (nSPS) is 19.7. The third kappa shape index (κ3) is 5.03. The van der Waals surface area contributed by atoms with Gasteiger partial charge >= 0.3 is 6.09 Å². The van der Waals surface area contributed by atoms with Crippen LogP contribution in [0.1, 0.15) is 52.9 Å². The van der Waals surface area contributed by atoms with Crippen LogP contribution in [0.4, 0.5) is 16.2 Å². The van der Waals surface area contributed by atoms with E-state index in [0.29, 0.717) is 33.4 Å². The van der Waals surface area contributed by atoms with Crippen molar-refractivity contribution in [3.8, 4) is 0 Å². The van der Waals surface area contributed by atoms with Crippen molar-refractivity contribution >= 4 is 50.3 Å². The molecule has 0 radical (unpaired) electrons. The van der Waals surface area contributed by atoms with Gasteiger partial charge in [0.15, 0.2) is 0 Å². The van der Waals surface area contributed by atoms with Crippen molar-refractivity contribution in [1.29, 1.82) is 0 Å². The molecule has 1 atom stereocenters. The molecule has 2 aliphatic rings. The minimum atomic E-state index is -0.632. The summed E-state index contributed by atoms with van der Waals surface area (Å²) in [5.74, 6) is 0.0771. The molecule has 1 aliphatic carbocycles. The number of fused-ring (bicyclic) bond motifs is 1. The van der Waals surface area contributed by atoms with Crippen LogP contribution in [0.2, 0.25) is 0 Å². The van der Waals surface area contributed by atoms with E-state index in [9.17, 15) is 9.59 Å². The van der Waals surface area contributed by atoms with E-state index in [-0.39, 0.29) is 17.9 Å². The van der Waals surface area contributed by atoms with E-state index in [4.69, 9.17) is 4.74 Å². The van der Waals surface area contributed by atoms with Gasteiger partial charge in [0.1, 0.15) is 11.2 Å². The van der Waals surface area contributed by atoms with E-state index < -0.39 is 11.7 Å². The number of H-pyrrole nitrogens is 1. The standard InChI is InChI=1S/C22H30BrN5O3/c1-22(2,3)31-21(30)28(14-6-4-5-9-24-10-14)18-15(23)11-25-19-17(18)16(12-26-19)27-20(29)13-7-8-13/h11-14,24H,4-10H2,1-3H3,(H,25,26)(H,27,29)/t14-/m0/s1. The molecule has 0 spiro atoms. The summed E-state index contributed by atoms with van der Waals surface area (Å²) in [6.07, 6.45) is 7.79. The van der Waals surface area contributed by atoms with Crippen molar-refractivity contribution in [2.24, 2.45) is 5.92 Å². The molecule has 2 fully saturated rings. The van der Waals surface area contributed by atoms with E-state index >= 15 is 0 Å². The number of ether oxygens (including phenoxy) is 1. The first-order chi connectivity index (χ1) is 14.7. The number of pyridine rings is 1. The lowest BCUT2D eigenvalue weighted by Gasteiger charge is -2.34. The Morgan fingerprint density at radius 2 is 2.03 bits per heavy atom. The summed E-state index contributed by atoms with van der Waals surface area (Å²) in [6.45, 7) is 7.19. The Morgan fingerprint density at radius 3 is 2.74 bits per heavy atom. The molecule has 2 amide bonds. The third-order valence-corrected chi connectivity index (χ3v) is 6.13. The molecule has 31 heavy (non-hydrogen) atoms. The molecule has 1 saturated carbocycles. The molecular formula is C22H30BrN5O3. The number of carbonyl (C=O) groups is 2. The van der Waals surface area contributed by atoms with Crippen molar-refractivity contribution < 1.29 is 14.3 Å². The van der Waals surface area contributed by atoms with Crippen LogP contribution in [-0.4, -0.2) is 46.7 Å². The minimum Gasteiger partial charge on any atom is -0.443 e. The molecule has 0 unspecified atom stereocenters. The van der Waals surface area contributed by atoms with Crippen molar-refractivity contribution in [3.05, 3.63) is 16.9 Å². The maximum absolute atomic E-state index is 13.5. The third-order valence-electron chi connectivity index (χ3n) is 5.55. The second kappa shape index (κ2) is 8.78. The smallest absolute Gasteiger partial charge is 0.415 e. The molecule has 1 aliphatic heterocycles. The van der Waals surface area contributed by atoms with Gasteiger partial charge in [-0.15, -0.1) is 0 Å². The SMILES string of the molecule is CC(C)(C)OC(=O)N(c1c(Br)cnc2[nH]cc(NC(=O)C3CC3)c12)[C@H]1CCCCNC1. The summed E-state index contributed by atoms with van der Waals surface area (Å²) in [4.78, 5) is 35.3. The lowest BCUT2D eigenvalue weighted by molar-refractivity contribution is -0.117. The first-order valence-electron chi connectivity index (χ1n) is 10.9. The van der Waals surface area contributed by atoms with Crippen LogP contribution in [-0.2, 0) is 9.53 Å². The first-order valence-corrected chi connectivity index (χ1v) is 11.7. The van der Waals surface area contributed by atoms with Crippen molar-refractivity contribution in [2.75, 3.05) is 23.3 Å². The highest BCUT2D eigenvalue weighted by Crippen LogP contribution is 2.41. The van der Waals surface area contributed by atoms with Gasteiger partial charge in [0.2, 0.25) is 5.91 Å². The highest BCUT2D eigenvalue weighted by molar-refractivity contribution is 9.10. The fourth-order valence-corrected chi connectivity index (χ4v) is 4.42. The summed E-state index contributed by atoms with van der Waals surface area (Å²) < 4.78 is 6.50. The van der Waals surface area contributed by atoms with Gasteiger partial charge in [-0.25, -0.2) is 9.78 Å². The molecule has 168 valence electrons. The summed E-state index contributed by atoms with van der Waals surface area (Å²) in [5, 5.41) is 7.17. The highest BCUT2D eigenvalue weighted by atomic mass is 79.9. The van der Waals surface area contributed by atoms with E-state index in [1.807, 2.05) is 20.8 Å². The zero-order valence-corrected chi connectivity index (χ0v) is 19.8. The fourth-order valence-electron chi connectivity index (χ4n) is 3.93. The van der Waals surface area contributed by atoms with Gasteiger partial charge in [-0.05, 0) is 68.9 Å². The number of amides is 2. The van der Waals surface area contributed by atoms with Crippen molar-refractivity contribution in [2.45, 2.75) is 64.5 Å². The number of aromatic amines is 1. The van der Waals surface area contributed by atoms with Gasteiger partial charge in [0.25, 0.3) is 0 Å². The fraction of sp³-hybridized carbons (Fsp3) is 0.591. The molecule has 2 aromatic rings. The predicted molar refractivity (Wildman–Crippen MR) is 124 cm³/mol. The van der Waals surface area contributed by atoms with Crippen LogP contribution in [0, 0.1) is 5.92 Å². The van der Waals surface area contributed by atoms with Gasteiger partial charge in [-0.2, -0.15) is 0 Å². The van der Waals surface area contributed by atoms with Crippen LogP contribution in [0.15, 0.2) is 16.9 Å². The molecule has 2 aromatic heterocycles. The predicted octanol–water partition coefficient (Wildman–Crippen LogP) is 4.56. The van der Waals surface area contributed by atoms with E-state index in [1.54, 1.807) is 17.3 Å². The summed E-state index contributed by atoms with van der Waals surface area (Å²) in [6, 6.07) is -0.0823. The zero-order valence-electron chi connectivity index (χ0n) is 18.3. The molecule has 8 nitrogen and oxygen atoms in total. The van der Waals surface area contributed by atoms with Crippen LogP contribution >= 0.6 is 15.9 Å². The number of rotatable bonds is 4. The summed E-state index contributed by atoms with van der Waals surface area (Å²) >= 11 is 3.62. The number of anilines is 2. The van der Waals surface area contributed by atoms with Gasteiger partial charge in [-0.3, -0.25) is 9.69 Å². The Hall–Kier alpha value is -2.13. The summed E-state index contributed by atoms with van der Waals surface area (Å²) in [7, 11) is 0. The molecule has 4 rings (SSSR count). The molecule has 0 bridgehead atoms. The Labute approximate surface area is 190 Å². The number of nitrogens with zero attached hydrogens (tertiary/aromatic N) is 2. The van der Waals surface area contributed by atoms with Crippen molar-refractivity contribution in [3.63, 3.8) is 0 Å². The number of halogens is 1. The average Bonchev–Trinajstić information content (AvgIpc) is 3.49. The Kier molecular flexibility index (Phi) is 6.25. The van der Waals surface area contributed by atoms with Crippen molar-refractivity contribution in [1.82, 2.24) is 15.3 Å². The Balaban J connectivity index is 1.81. The summed E-state index contributed by atoms with van der Waals surface area (Å²) in [5.41, 5.74) is 1.28. The van der Waals surface area contributed by atoms with Gasteiger partial charge < -0.3 is 20.4 Å². The van der Waals surface area contributed by atoms with Crippen LogP contribution in [0.3, 0.4) is 0 Å². The molecule has 3 heterocycles. The number of nitrogens with one attached hydrogen (secondary N) is 3. The maximum atomic E-state index is 13.5.